The van der Waals surface area contributed by atoms with Gasteiger partial charge in [0.05, 0.1) is 0 Å². The van der Waals surface area contributed by atoms with Crippen molar-refractivity contribution in [3.05, 3.63) is 0 Å². The van der Waals surface area contributed by atoms with Crippen molar-refractivity contribution >= 4 is 12.8 Å². The van der Waals surface area contributed by atoms with E-state index in [1.54, 1.807) is 21.3 Å². The second kappa shape index (κ2) is 13.8. The minimum Gasteiger partial charge on any atom is -0.331 e. The zero-order valence-electron chi connectivity index (χ0n) is 14.3. The third-order valence-electron chi connectivity index (χ3n) is 4.10. The van der Waals surface area contributed by atoms with Gasteiger partial charge in [-0.2, -0.15) is 0 Å². The van der Waals surface area contributed by atoms with Crippen LogP contribution in [0.2, 0.25) is 0 Å². The van der Waals surface area contributed by atoms with Gasteiger partial charge in [0.25, 0.3) is 5.97 Å². The Labute approximate surface area is 136 Å². The van der Waals surface area contributed by atoms with E-state index in [9.17, 15) is 0 Å². The normalized spacial score (nSPS) is 13.6. The fourth-order valence-corrected chi connectivity index (χ4v) is 3.00. The van der Waals surface area contributed by atoms with Crippen molar-refractivity contribution in [2.45, 2.75) is 70.7 Å². The molecule has 0 spiro atoms. The first-order valence-electron chi connectivity index (χ1n) is 8.23. The summed E-state index contributed by atoms with van der Waals surface area (Å²) in [6.45, 7) is 3.12. The zero-order valence-corrected chi connectivity index (χ0v) is 15.2. The lowest BCUT2D eigenvalue weighted by atomic mass is 9.93. The molecule has 0 fully saturated rings. The van der Waals surface area contributed by atoms with Crippen molar-refractivity contribution in [1.29, 1.82) is 0 Å². The molecule has 4 nitrogen and oxygen atoms in total. The first-order valence-corrected chi connectivity index (χ1v) is 8.67. The van der Waals surface area contributed by atoms with Crippen LogP contribution in [0, 0.1) is 5.92 Å². The van der Waals surface area contributed by atoms with Crippen LogP contribution in [0.15, 0.2) is 0 Å². The van der Waals surface area contributed by atoms with Crippen molar-refractivity contribution in [2.24, 2.45) is 5.92 Å². The summed E-state index contributed by atoms with van der Waals surface area (Å²) in [5.74, 6) is -0.676. The van der Waals surface area contributed by atoms with Crippen LogP contribution >= 0.6 is 12.8 Å². The molecule has 0 saturated heterocycles. The monoisotopic (exact) mass is 321 g/mol. The molecule has 0 radical (unpaired) electrons. The molecule has 21 heavy (non-hydrogen) atoms. The van der Waals surface area contributed by atoms with Gasteiger partial charge in [-0.15, -0.1) is 0 Å². The van der Waals surface area contributed by atoms with E-state index in [0.29, 0.717) is 0 Å². The number of nitrogens with one attached hydrogen (secondary N) is 1. The number of thiol groups is 1. The van der Waals surface area contributed by atoms with Gasteiger partial charge in [0, 0.05) is 33.8 Å². The van der Waals surface area contributed by atoms with Gasteiger partial charge < -0.3 is 14.2 Å². The molecule has 1 N–H and O–H groups in total. The number of rotatable bonds is 15. The summed E-state index contributed by atoms with van der Waals surface area (Å²) in [4.78, 5) is 0. The predicted octanol–water partition coefficient (Wildman–Crippen LogP) is 4.16. The number of ether oxygens (including phenoxy) is 3. The Morgan fingerprint density at radius 1 is 0.857 bits per heavy atom. The van der Waals surface area contributed by atoms with Gasteiger partial charge in [-0.3, -0.25) is 4.72 Å². The fraction of sp³-hybridized carbons (Fsp3) is 1.00. The van der Waals surface area contributed by atoms with Crippen molar-refractivity contribution < 1.29 is 14.2 Å². The summed E-state index contributed by atoms with van der Waals surface area (Å²) in [5, 5.41) is 0. The number of methoxy groups -OCH3 is 3. The molecule has 0 aromatic carbocycles. The first kappa shape index (κ1) is 21.2. The maximum absolute atomic E-state index is 5.54. The van der Waals surface area contributed by atoms with E-state index in [-0.39, 0.29) is 5.92 Å². The number of hydrogen-bond acceptors (Lipinski definition) is 5. The van der Waals surface area contributed by atoms with Crippen LogP contribution < -0.4 is 4.72 Å². The standard InChI is InChI=1S/C16H35NO3S/c1-5-6-7-8-9-10-12-15(13-11-14-17-21)16(18-2,19-3)20-4/h15,17,21H,5-14H2,1-4H3. The summed E-state index contributed by atoms with van der Waals surface area (Å²) >= 11 is 4.04. The van der Waals surface area contributed by atoms with E-state index in [0.717, 1.165) is 25.8 Å². The van der Waals surface area contributed by atoms with Crippen molar-refractivity contribution in [2.75, 3.05) is 27.9 Å². The highest BCUT2D eigenvalue weighted by Gasteiger charge is 2.39. The molecule has 0 aliphatic carbocycles. The molecule has 0 bridgehead atoms. The van der Waals surface area contributed by atoms with Crippen LogP contribution in [0.1, 0.15) is 64.7 Å². The summed E-state index contributed by atoms with van der Waals surface area (Å²) in [6, 6.07) is 0. The van der Waals surface area contributed by atoms with Crippen LogP contribution in [0.25, 0.3) is 0 Å². The molecular weight excluding hydrogens is 286 g/mol. The van der Waals surface area contributed by atoms with Crippen LogP contribution in [0.5, 0.6) is 0 Å². The molecule has 0 amide bonds. The lowest BCUT2D eigenvalue weighted by molar-refractivity contribution is -0.380. The molecule has 0 rings (SSSR count). The minimum atomic E-state index is -0.917. The van der Waals surface area contributed by atoms with E-state index in [4.69, 9.17) is 14.2 Å². The van der Waals surface area contributed by atoms with Gasteiger partial charge in [-0.25, -0.2) is 0 Å². The molecule has 0 aromatic rings. The summed E-state index contributed by atoms with van der Waals surface area (Å²) < 4.78 is 19.5. The Balaban J connectivity index is 4.30. The third kappa shape index (κ3) is 8.41. The van der Waals surface area contributed by atoms with Crippen LogP contribution in [-0.2, 0) is 14.2 Å². The Morgan fingerprint density at radius 2 is 1.38 bits per heavy atom. The van der Waals surface area contributed by atoms with E-state index in [2.05, 4.69) is 24.5 Å². The Hall–Kier alpha value is 0.190. The molecule has 1 atom stereocenters. The second-order valence-electron chi connectivity index (χ2n) is 5.52. The molecule has 0 heterocycles. The van der Waals surface area contributed by atoms with Gasteiger partial charge in [0.15, 0.2) is 0 Å². The third-order valence-corrected chi connectivity index (χ3v) is 4.32. The number of hydrogen-bond donors (Lipinski definition) is 2. The maximum atomic E-state index is 5.54. The summed E-state index contributed by atoms with van der Waals surface area (Å²) in [5.41, 5.74) is 0. The minimum absolute atomic E-state index is 0.241. The molecule has 5 heteroatoms. The second-order valence-corrected chi connectivity index (χ2v) is 5.84. The van der Waals surface area contributed by atoms with E-state index >= 15 is 0 Å². The average Bonchev–Trinajstić information content (AvgIpc) is 2.52. The molecule has 1 unspecified atom stereocenters. The molecular formula is C16H35NO3S. The van der Waals surface area contributed by atoms with Crippen molar-refractivity contribution in [3.8, 4) is 0 Å². The SMILES string of the molecule is CCCCCCCCC(CCCNS)C(OC)(OC)OC. The number of unbranched alkanes of at least 4 members (excludes halogenated alkanes) is 5. The van der Waals surface area contributed by atoms with Crippen molar-refractivity contribution in [3.63, 3.8) is 0 Å². The Kier molecular flexibility index (Phi) is 14.0. The highest BCUT2D eigenvalue weighted by atomic mass is 32.1. The lowest BCUT2D eigenvalue weighted by Gasteiger charge is -2.36. The molecule has 0 aliphatic rings. The van der Waals surface area contributed by atoms with Gasteiger partial charge in [0.1, 0.15) is 0 Å². The first-order chi connectivity index (χ1) is 10.2. The average molecular weight is 322 g/mol. The highest BCUT2D eigenvalue weighted by molar-refractivity contribution is 7.78. The molecule has 0 aliphatic heterocycles. The predicted molar refractivity (Wildman–Crippen MR) is 91.5 cm³/mol. The molecule has 0 aromatic heterocycles. The smallest absolute Gasteiger partial charge is 0.285 e. The highest BCUT2D eigenvalue weighted by Crippen LogP contribution is 2.32. The lowest BCUT2D eigenvalue weighted by Crippen LogP contribution is -2.44. The largest absolute Gasteiger partial charge is 0.331 e. The van der Waals surface area contributed by atoms with Gasteiger partial charge in [-0.05, 0) is 19.3 Å². The topological polar surface area (TPSA) is 39.7 Å². The van der Waals surface area contributed by atoms with E-state index in [1.807, 2.05) is 0 Å². The molecule has 0 saturated carbocycles. The van der Waals surface area contributed by atoms with Gasteiger partial charge in [-0.1, -0.05) is 58.3 Å². The van der Waals surface area contributed by atoms with Crippen molar-refractivity contribution in [1.82, 2.24) is 4.72 Å². The van der Waals surface area contributed by atoms with Gasteiger partial charge >= 0.3 is 0 Å². The Bertz CT molecular complexity index is 217. The van der Waals surface area contributed by atoms with E-state index < -0.39 is 5.97 Å². The fourth-order valence-electron chi connectivity index (χ4n) is 2.85. The van der Waals surface area contributed by atoms with Crippen LogP contribution in [0.4, 0.5) is 0 Å². The summed E-state index contributed by atoms with van der Waals surface area (Å²) in [7, 11) is 4.95. The van der Waals surface area contributed by atoms with Gasteiger partial charge in [0.2, 0.25) is 0 Å². The maximum Gasteiger partial charge on any atom is 0.285 e. The quantitative estimate of drug-likeness (QED) is 0.270. The molecule has 128 valence electrons. The van der Waals surface area contributed by atoms with Crippen LogP contribution in [-0.4, -0.2) is 33.8 Å². The summed E-state index contributed by atoms with van der Waals surface area (Å²) in [6.07, 6.45) is 10.9. The Morgan fingerprint density at radius 3 is 1.90 bits per heavy atom. The van der Waals surface area contributed by atoms with E-state index in [1.165, 1.54) is 38.5 Å². The van der Waals surface area contributed by atoms with Crippen LogP contribution in [0.3, 0.4) is 0 Å². The zero-order chi connectivity index (χ0) is 16.0.